The molecule has 86 valence electrons. The summed E-state index contributed by atoms with van der Waals surface area (Å²) >= 11 is 0. The number of ether oxygens (including phenoxy) is 1. The van der Waals surface area contributed by atoms with E-state index in [4.69, 9.17) is 4.74 Å². The predicted octanol–water partition coefficient (Wildman–Crippen LogP) is 3.95. The monoisotopic (exact) mass is 209 g/mol. The number of hydrogen-bond donors (Lipinski definition) is 0. The second-order valence-electron chi connectivity index (χ2n) is 4.19. The first-order valence-electron chi connectivity index (χ1n) is 5.42. The SMILES string of the molecule is C/C=C\N=C(CC(C)C)C(OC)=C(C)C. The van der Waals surface area contributed by atoms with Crippen LogP contribution in [0.3, 0.4) is 0 Å². The third-order valence-electron chi connectivity index (χ3n) is 1.90. The Kier molecular flexibility index (Phi) is 6.76. The van der Waals surface area contributed by atoms with Crippen LogP contribution in [0.25, 0.3) is 0 Å². The molecule has 0 aromatic rings. The van der Waals surface area contributed by atoms with Crippen LogP contribution in [0.1, 0.15) is 41.0 Å². The van der Waals surface area contributed by atoms with Crippen LogP contribution in [-0.4, -0.2) is 12.8 Å². The molecule has 0 aliphatic carbocycles. The highest BCUT2D eigenvalue weighted by Gasteiger charge is 2.10. The first kappa shape index (κ1) is 13.9. The van der Waals surface area contributed by atoms with E-state index in [0.717, 1.165) is 17.9 Å². The van der Waals surface area contributed by atoms with Crippen molar-refractivity contribution in [1.29, 1.82) is 0 Å². The Hall–Kier alpha value is -1.05. The summed E-state index contributed by atoms with van der Waals surface area (Å²) in [7, 11) is 1.70. The third-order valence-corrected chi connectivity index (χ3v) is 1.90. The van der Waals surface area contributed by atoms with E-state index in [1.165, 1.54) is 5.57 Å². The van der Waals surface area contributed by atoms with Gasteiger partial charge in [0.2, 0.25) is 0 Å². The lowest BCUT2D eigenvalue weighted by molar-refractivity contribution is 0.308. The Labute approximate surface area is 93.7 Å². The fourth-order valence-corrected chi connectivity index (χ4v) is 1.37. The molecule has 15 heavy (non-hydrogen) atoms. The molecule has 0 saturated heterocycles. The molecule has 0 fully saturated rings. The van der Waals surface area contributed by atoms with E-state index in [2.05, 4.69) is 18.8 Å². The molecule has 2 heteroatoms. The van der Waals surface area contributed by atoms with E-state index in [0.29, 0.717) is 5.92 Å². The molecule has 0 aliphatic rings. The van der Waals surface area contributed by atoms with Crippen LogP contribution in [0.5, 0.6) is 0 Å². The topological polar surface area (TPSA) is 21.6 Å². The van der Waals surface area contributed by atoms with Gasteiger partial charge in [0.25, 0.3) is 0 Å². The summed E-state index contributed by atoms with van der Waals surface area (Å²) in [6.07, 6.45) is 4.69. The molecule has 0 aromatic carbocycles. The van der Waals surface area contributed by atoms with Crippen molar-refractivity contribution in [3.63, 3.8) is 0 Å². The molecular formula is C13H23NO. The van der Waals surface area contributed by atoms with Crippen molar-refractivity contribution < 1.29 is 4.74 Å². The molecule has 0 N–H and O–H groups in total. The van der Waals surface area contributed by atoms with E-state index in [1.807, 2.05) is 33.0 Å². The Morgan fingerprint density at radius 2 is 1.93 bits per heavy atom. The van der Waals surface area contributed by atoms with Gasteiger partial charge in [-0.05, 0) is 38.7 Å². The summed E-state index contributed by atoms with van der Waals surface area (Å²) in [6.45, 7) is 10.4. The van der Waals surface area contributed by atoms with Gasteiger partial charge in [-0.15, -0.1) is 0 Å². The molecule has 0 radical (unpaired) electrons. The minimum Gasteiger partial charge on any atom is -0.495 e. The Morgan fingerprint density at radius 1 is 1.33 bits per heavy atom. The Bertz CT molecular complexity index is 268. The van der Waals surface area contributed by atoms with Crippen LogP contribution in [0.4, 0.5) is 0 Å². The smallest absolute Gasteiger partial charge is 0.138 e. The lowest BCUT2D eigenvalue weighted by Gasteiger charge is -2.13. The normalized spacial score (nSPS) is 12.3. The van der Waals surface area contributed by atoms with Crippen molar-refractivity contribution in [3.8, 4) is 0 Å². The number of methoxy groups -OCH3 is 1. The summed E-state index contributed by atoms with van der Waals surface area (Å²) in [5.41, 5.74) is 2.20. The average Bonchev–Trinajstić information content (AvgIpc) is 2.13. The summed E-state index contributed by atoms with van der Waals surface area (Å²) in [5.74, 6) is 1.50. The second-order valence-corrected chi connectivity index (χ2v) is 4.19. The molecule has 0 aromatic heterocycles. The third kappa shape index (κ3) is 5.40. The van der Waals surface area contributed by atoms with Gasteiger partial charge in [0.05, 0.1) is 12.8 Å². The van der Waals surface area contributed by atoms with Gasteiger partial charge in [-0.1, -0.05) is 19.9 Å². The molecule has 0 heterocycles. The van der Waals surface area contributed by atoms with E-state index >= 15 is 0 Å². The zero-order valence-electron chi connectivity index (χ0n) is 10.8. The highest BCUT2D eigenvalue weighted by molar-refractivity contribution is 5.99. The van der Waals surface area contributed by atoms with E-state index in [9.17, 15) is 0 Å². The van der Waals surface area contributed by atoms with Gasteiger partial charge in [0.1, 0.15) is 5.76 Å². The summed E-state index contributed by atoms with van der Waals surface area (Å²) < 4.78 is 5.39. The molecule has 2 nitrogen and oxygen atoms in total. The highest BCUT2D eigenvalue weighted by atomic mass is 16.5. The lowest BCUT2D eigenvalue weighted by atomic mass is 10.0. The molecule has 0 spiro atoms. The van der Waals surface area contributed by atoms with Crippen molar-refractivity contribution in [3.05, 3.63) is 23.6 Å². The van der Waals surface area contributed by atoms with Crippen molar-refractivity contribution in [2.75, 3.05) is 7.11 Å². The van der Waals surface area contributed by atoms with E-state index < -0.39 is 0 Å². The molecule has 0 aliphatic heterocycles. The molecule has 0 rings (SSSR count). The maximum Gasteiger partial charge on any atom is 0.138 e. The van der Waals surface area contributed by atoms with E-state index in [1.54, 1.807) is 7.11 Å². The van der Waals surface area contributed by atoms with Crippen molar-refractivity contribution >= 4 is 5.71 Å². The maximum atomic E-state index is 5.39. The average molecular weight is 209 g/mol. The van der Waals surface area contributed by atoms with E-state index in [-0.39, 0.29) is 0 Å². The van der Waals surface area contributed by atoms with Crippen LogP contribution < -0.4 is 0 Å². The standard InChI is InChI=1S/C13H23NO/c1-7-8-14-12(9-10(2)3)13(15-6)11(4)5/h7-8,10H,9H2,1-6H3/b8-7-,14-12?. The minimum atomic E-state index is 0.582. The number of aliphatic imine (C=N–C) groups is 1. The molecule has 0 bridgehead atoms. The van der Waals surface area contributed by atoms with Crippen molar-refractivity contribution in [2.45, 2.75) is 41.0 Å². The zero-order chi connectivity index (χ0) is 11.8. The quantitative estimate of drug-likeness (QED) is 0.496. The van der Waals surface area contributed by atoms with Crippen molar-refractivity contribution in [2.24, 2.45) is 10.9 Å². The molecular weight excluding hydrogens is 186 g/mol. The summed E-state index contributed by atoms with van der Waals surface area (Å²) in [5, 5.41) is 0. The first-order valence-corrected chi connectivity index (χ1v) is 5.42. The maximum absolute atomic E-state index is 5.39. The Balaban J connectivity index is 5.00. The largest absolute Gasteiger partial charge is 0.495 e. The number of nitrogens with zero attached hydrogens (tertiary/aromatic N) is 1. The van der Waals surface area contributed by atoms with Crippen LogP contribution in [-0.2, 0) is 4.74 Å². The summed E-state index contributed by atoms with van der Waals surface area (Å²) in [6, 6.07) is 0. The zero-order valence-corrected chi connectivity index (χ0v) is 10.8. The van der Waals surface area contributed by atoms with Gasteiger partial charge in [-0.2, -0.15) is 0 Å². The van der Waals surface area contributed by atoms with Crippen LogP contribution in [0.15, 0.2) is 28.6 Å². The number of hydrogen-bond acceptors (Lipinski definition) is 2. The van der Waals surface area contributed by atoms with Crippen molar-refractivity contribution in [1.82, 2.24) is 0 Å². The van der Waals surface area contributed by atoms with Gasteiger partial charge in [-0.25, -0.2) is 0 Å². The Morgan fingerprint density at radius 3 is 2.27 bits per heavy atom. The highest BCUT2D eigenvalue weighted by Crippen LogP contribution is 2.14. The molecule has 0 unspecified atom stereocenters. The fraction of sp³-hybridized carbons (Fsp3) is 0.615. The van der Waals surface area contributed by atoms with Gasteiger partial charge < -0.3 is 4.74 Å². The van der Waals surface area contributed by atoms with Gasteiger partial charge in [-0.3, -0.25) is 4.99 Å². The van der Waals surface area contributed by atoms with Crippen LogP contribution in [0, 0.1) is 5.92 Å². The van der Waals surface area contributed by atoms with Gasteiger partial charge in [0.15, 0.2) is 0 Å². The molecule has 0 amide bonds. The number of allylic oxidation sites excluding steroid dienone is 3. The van der Waals surface area contributed by atoms with Gasteiger partial charge in [0, 0.05) is 6.20 Å². The summed E-state index contributed by atoms with van der Waals surface area (Å²) in [4.78, 5) is 4.43. The van der Waals surface area contributed by atoms with Crippen LogP contribution in [0.2, 0.25) is 0 Å². The lowest BCUT2D eigenvalue weighted by Crippen LogP contribution is -2.09. The first-order chi connectivity index (χ1) is 7.02. The second kappa shape index (κ2) is 7.27. The fourth-order valence-electron chi connectivity index (χ4n) is 1.37. The molecule has 0 saturated carbocycles. The van der Waals surface area contributed by atoms with Gasteiger partial charge >= 0.3 is 0 Å². The van der Waals surface area contributed by atoms with Crippen LogP contribution >= 0.6 is 0 Å². The predicted molar refractivity (Wildman–Crippen MR) is 67.1 cm³/mol. The minimum absolute atomic E-state index is 0.582. The number of rotatable bonds is 5. The molecule has 0 atom stereocenters.